The molecule has 0 aliphatic carbocycles. The summed E-state index contributed by atoms with van der Waals surface area (Å²) in [5, 5.41) is 4.83. The molecule has 1 aromatic heterocycles. The smallest absolute Gasteiger partial charge is 0.136 e. The zero-order chi connectivity index (χ0) is 30.5. The SMILES string of the molecule is c1ccc(-c2ccc(N(c3ccc(-c4ccccc4)cc3)c3ccc(-c4cc5cccc6oc7cccc4c7c56)cc3)cc2)cc1. The van der Waals surface area contributed by atoms with Gasteiger partial charge < -0.3 is 9.32 Å². The van der Waals surface area contributed by atoms with Crippen LogP contribution in [0.4, 0.5) is 17.1 Å². The molecule has 2 nitrogen and oxygen atoms in total. The average molecular weight is 588 g/mol. The Morgan fingerprint density at radius 1 is 0.348 bits per heavy atom. The molecule has 9 aromatic rings. The van der Waals surface area contributed by atoms with Crippen molar-refractivity contribution in [3.63, 3.8) is 0 Å². The van der Waals surface area contributed by atoms with Crippen LogP contribution in [0.25, 0.3) is 66.1 Å². The molecule has 9 rings (SSSR count). The summed E-state index contributed by atoms with van der Waals surface area (Å²) in [7, 11) is 0. The van der Waals surface area contributed by atoms with Gasteiger partial charge in [-0.25, -0.2) is 0 Å². The fourth-order valence-corrected chi connectivity index (χ4v) is 6.81. The molecule has 0 saturated carbocycles. The largest absolute Gasteiger partial charge is 0.456 e. The van der Waals surface area contributed by atoms with E-state index in [4.69, 9.17) is 4.42 Å². The van der Waals surface area contributed by atoms with E-state index in [9.17, 15) is 0 Å². The molecule has 0 amide bonds. The normalized spacial score (nSPS) is 11.5. The Kier molecular flexibility index (Phi) is 6.17. The molecule has 0 atom stereocenters. The van der Waals surface area contributed by atoms with Crippen molar-refractivity contribution in [1.29, 1.82) is 0 Å². The Balaban J connectivity index is 1.14. The fraction of sp³-hybridized carbons (Fsp3) is 0. The summed E-state index contributed by atoms with van der Waals surface area (Å²) in [4.78, 5) is 2.33. The van der Waals surface area contributed by atoms with Crippen LogP contribution in [-0.2, 0) is 0 Å². The first kappa shape index (κ1) is 26.3. The van der Waals surface area contributed by atoms with Gasteiger partial charge in [0.2, 0.25) is 0 Å². The first-order chi connectivity index (χ1) is 22.8. The average Bonchev–Trinajstić information content (AvgIpc) is 3.53. The van der Waals surface area contributed by atoms with Crippen LogP contribution in [0.2, 0.25) is 0 Å². The van der Waals surface area contributed by atoms with E-state index >= 15 is 0 Å². The zero-order valence-electron chi connectivity index (χ0n) is 25.1. The van der Waals surface area contributed by atoms with Crippen molar-refractivity contribution in [1.82, 2.24) is 0 Å². The summed E-state index contributed by atoms with van der Waals surface area (Å²) in [5.41, 5.74) is 12.4. The van der Waals surface area contributed by atoms with E-state index in [1.807, 2.05) is 0 Å². The molecule has 0 bridgehead atoms. The number of benzene rings is 8. The van der Waals surface area contributed by atoms with Crippen LogP contribution in [0.3, 0.4) is 0 Å². The summed E-state index contributed by atoms with van der Waals surface area (Å²) in [6, 6.07) is 62.7. The molecule has 0 spiro atoms. The van der Waals surface area contributed by atoms with E-state index in [-0.39, 0.29) is 0 Å². The summed E-state index contributed by atoms with van der Waals surface area (Å²) < 4.78 is 6.22. The summed E-state index contributed by atoms with van der Waals surface area (Å²) in [6.45, 7) is 0. The third kappa shape index (κ3) is 4.43. The highest BCUT2D eigenvalue weighted by Gasteiger charge is 2.18. The first-order valence-electron chi connectivity index (χ1n) is 15.7. The number of anilines is 3. The van der Waals surface area contributed by atoms with Gasteiger partial charge in [-0.15, -0.1) is 0 Å². The second-order valence-electron chi connectivity index (χ2n) is 11.8. The van der Waals surface area contributed by atoms with Crippen molar-refractivity contribution >= 4 is 49.8 Å². The highest BCUT2D eigenvalue weighted by atomic mass is 16.3. The second-order valence-corrected chi connectivity index (χ2v) is 11.8. The Bertz CT molecular complexity index is 2340. The molecule has 216 valence electrons. The minimum Gasteiger partial charge on any atom is -0.456 e. The predicted molar refractivity (Wildman–Crippen MR) is 193 cm³/mol. The maximum absolute atomic E-state index is 6.22. The molecule has 0 N–H and O–H groups in total. The third-order valence-electron chi connectivity index (χ3n) is 9.05. The number of nitrogens with zero attached hydrogens (tertiary/aromatic N) is 1. The van der Waals surface area contributed by atoms with Gasteiger partial charge in [0.15, 0.2) is 0 Å². The van der Waals surface area contributed by atoms with E-state index in [1.165, 1.54) is 54.9 Å². The van der Waals surface area contributed by atoms with E-state index < -0.39 is 0 Å². The van der Waals surface area contributed by atoms with Crippen LogP contribution < -0.4 is 4.90 Å². The Hall–Kier alpha value is -6.12. The molecule has 0 aliphatic rings. The molecule has 0 saturated heterocycles. The van der Waals surface area contributed by atoms with Crippen LogP contribution >= 0.6 is 0 Å². The third-order valence-corrected chi connectivity index (χ3v) is 9.05. The number of hydrogen-bond donors (Lipinski definition) is 0. The maximum Gasteiger partial charge on any atom is 0.136 e. The topological polar surface area (TPSA) is 16.4 Å². The van der Waals surface area contributed by atoms with Gasteiger partial charge in [0.25, 0.3) is 0 Å². The van der Waals surface area contributed by atoms with Crippen LogP contribution in [0.1, 0.15) is 0 Å². The molecule has 0 aliphatic heterocycles. The highest BCUT2D eigenvalue weighted by Crippen LogP contribution is 2.43. The second kappa shape index (κ2) is 10.8. The number of hydrogen-bond acceptors (Lipinski definition) is 2. The minimum atomic E-state index is 0.936. The van der Waals surface area contributed by atoms with Crippen molar-refractivity contribution in [3.8, 4) is 33.4 Å². The quantitative estimate of drug-likeness (QED) is 0.180. The van der Waals surface area contributed by atoms with E-state index in [0.717, 1.165) is 28.2 Å². The summed E-state index contributed by atoms with van der Waals surface area (Å²) in [5.74, 6) is 0. The van der Waals surface area contributed by atoms with Gasteiger partial charge in [0.05, 0.1) is 0 Å². The number of furan rings is 1. The van der Waals surface area contributed by atoms with E-state index in [0.29, 0.717) is 0 Å². The predicted octanol–water partition coefficient (Wildman–Crippen LogP) is 12.6. The zero-order valence-corrected chi connectivity index (χ0v) is 25.1. The van der Waals surface area contributed by atoms with Gasteiger partial charge in [-0.05, 0) is 98.8 Å². The van der Waals surface area contributed by atoms with Gasteiger partial charge >= 0.3 is 0 Å². The summed E-state index contributed by atoms with van der Waals surface area (Å²) >= 11 is 0. The minimum absolute atomic E-state index is 0.936. The van der Waals surface area contributed by atoms with Crippen LogP contribution in [0, 0.1) is 0 Å². The van der Waals surface area contributed by atoms with Crippen LogP contribution in [0.5, 0.6) is 0 Å². The van der Waals surface area contributed by atoms with E-state index in [1.54, 1.807) is 0 Å². The standard InChI is InChI=1S/C44H29NO/c1-3-9-30(10-4-1)32-17-23-36(24-18-32)45(37-25-19-33(20-26-37)31-11-5-2-6-12-31)38-27-21-34(22-28-38)40-29-35-13-7-15-41-43(35)44-39(40)14-8-16-42(44)46-41/h1-29H. The summed E-state index contributed by atoms with van der Waals surface area (Å²) in [6.07, 6.45) is 0. The van der Waals surface area contributed by atoms with Gasteiger partial charge in [-0.1, -0.05) is 121 Å². The lowest BCUT2D eigenvalue weighted by Gasteiger charge is -2.26. The monoisotopic (exact) mass is 587 g/mol. The van der Waals surface area contributed by atoms with Gasteiger partial charge in [0, 0.05) is 27.8 Å². The van der Waals surface area contributed by atoms with E-state index in [2.05, 4.69) is 181 Å². The molecule has 0 unspecified atom stereocenters. The Morgan fingerprint density at radius 2 is 0.804 bits per heavy atom. The maximum atomic E-state index is 6.22. The molecule has 2 heteroatoms. The Labute approximate surface area is 267 Å². The Morgan fingerprint density at radius 3 is 1.35 bits per heavy atom. The molecule has 1 heterocycles. The van der Waals surface area contributed by atoms with Gasteiger partial charge in [0.1, 0.15) is 11.2 Å². The van der Waals surface area contributed by atoms with Crippen molar-refractivity contribution in [2.45, 2.75) is 0 Å². The lowest BCUT2D eigenvalue weighted by molar-refractivity contribution is 0.669. The van der Waals surface area contributed by atoms with Crippen LogP contribution in [0.15, 0.2) is 180 Å². The lowest BCUT2D eigenvalue weighted by Crippen LogP contribution is -2.09. The highest BCUT2D eigenvalue weighted by molar-refractivity contribution is 6.25. The molecule has 0 radical (unpaired) electrons. The molecular formula is C44H29NO. The number of rotatable bonds is 6. The van der Waals surface area contributed by atoms with Crippen molar-refractivity contribution in [2.75, 3.05) is 4.90 Å². The molecule has 0 fully saturated rings. The van der Waals surface area contributed by atoms with Crippen molar-refractivity contribution in [3.05, 3.63) is 176 Å². The molecule has 46 heavy (non-hydrogen) atoms. The van der Waals surface area contributed by atoms with Crippen molar-refractivity contribution in [2.24, 2.45) is 0 Å². The molecular weight excluding hydrogens is 558 g/mol. The van der Waals surface area contributed by atoms with Crippen molar-refractivity contribution < 1.29 is 4.42 Å². The van der Waals surface area contributed by atoms with Gasteiger partial charge in [-0.2, -0.15) is 0 Å². The molecule has 8 aromatic carbocycles. The van der Waals surface area contributed by atoms with Crippen LogP contribution in [-0.4, -0.2) is 0 Å². The van der Waals surface area contributed by atoms with Gasteiger partial charge in [-0.3, -0.25) is 0 Å². The first-order valence-corrected chi connectivity index (χ1v) is 15.7. The lowest BCUT2D eigenvalue weighted by atomic mass is 9.93. The fourth-order valence-electron chi connectivity index (χ4n) is 6.81.